The first-order chi connectivity index (χ1) is 9.79. The van der Waals surface area contributed by atoms with Gasteiger partial charge in [0.15, 0.2) is 5.76 Å². The molecule has 0 aliphatic heterocycles. The van der Waals surface area contributed by atoms with Crippen molar-refractivity contribution < 1.29 is 9.21 Å². The number of fused-ring (bicyclic) bond motifs is 1. The topological polar surface area (TPSA) is 60.1 Å². The summed E-state index contributed by atoms with van der Waals surface area (Å²) in [7, 11) is 0. The number of nitrogens with one attached hydrogen (secondary N) is 1. The van der Waals surface area contributed by atoms with E-state index >= 15 is 0 Å². The van der Waals surface area contributed by atoms with Crippen molar-refractivity contribution in [2.45, 2.75) is 20.0 Å². The van der Waals surface area contributed by atoms with Gasteiger partial charge in [-0.3, -0.25) is 4.79 Å². The van der Waals surface area contributed by atoms with Crippen LogP contribution in [0.1, 0.15) is 23.3 Å². The Morgan fingerprint density at radius 3 is 2.90 bits per heavy atom. The predicted molar refractivity (Wildman–Crippen MR) is 75.3 cm³/mol. The van der Waals surface area contributed by atoms with E-state index in [1.54, 1.807) is 12.1 Å². The lowest BCUT2D eigenvalue weighted by Gasteiger charge is -2.06. The summed E-state index contributed by atoms with van der Waals surface area (Å²) in [6.45, 7) is 3.25. The summed E-state index contributed by atoms with van der Waals surface area (Å²) < 4.78 is 7.15. The van der Waals surface area contributed by atoms with Crippen LogP contribution in [-0.4, -0.2) is 15.5 Å². The van der Waals surface area contributed by atoms with Crippen molar-refractivity contribution in [1.29, 1.82) is 0 Å². The molecule has 0 atom stereocenters. The highest BCUT2D eigenvalue weighted by molar-refractivity contribution is 5.91. The van der Waals surface area contributed by atoms with Crippen molar-refractivity contribution in [3.63, 3.8) is 0 Å². The van der Waals surface area contributed by atoms with E-state index in [1.807, 2.05) is 24.3 Å². The van der Waals surface area contributed by atoms with Crippen molar-refractivity contribution >= 4 is 16.9 Å². The maximum Gasteiger partial charge on any atom is 0.287 e. The first-order valence-corrected chi connectivity index (χ1v) is 6.55. The third-order valence-electron chi connectivity index (χ3n) is 3.20. The molecule has 0 spiro atoms. The molecule has 0 unspecified atom stereocenters. The van der Waals surface area contributed by atoms with Crippen LogP contribution in [0.4, 0.5) is 0 Å². The standard InChI is InChI=1S/C15H15N3O2/c1-2-18-12-7-4-3-6-11(12)17-14(18)10-16-15(19)13-8-5-9-20-13/h3-9H,2,10H2,1H3,(H,16,19). The molecule has 0 bridgehead atoms. The van der Waals surface area contributed by atoms with Crippen LogP contribution in [0.25, 0.3) is 11.0 Å². The quantitative estimate of drug-likeness (QED) is 0.792. The number of rotatable bonds is 4. The van der Waals surface area contributed by atoms with Crippen molar-refractivity contribution in [2.24, 2.45) is 0 Å². The zero-order chi connectivity index (χ0) is 13.9. The Kier molecular flexibility index (Phi) is 3.25. The minimum atomic E-state index is -0.232. The molecule has 2 aromatic heterocycles. The summed E-state index contributed by atoms with van der Waals surface area (Å²) in [6.07, 6.45) is 1.48. The summed E-state index contributed by atoms with van der Waals surface area (Å²) in [6, 6.07) is 11.3. The summed E-state index contributed by atoms with van der Waals surface area (Å²) in [5.74, 6) is 0.919. The molecule has 5 nitrogen and oxygen atoms in total. The van der Waals surface area contributed by atoms with Gasteiger partial charge in [-0.15, -0.1) is 0 Å². The number of hydrogen-bond donors (Lipinski definition) is 1. The highest BCUT2D eigenvalue weighted by Gasteiger charge is 2.12. The number of hydrogen-bond acceptors (Lipinski definition) is 3. The fourth-order valence-corrected chi connectivity index (χ4v) is 2.27. The molecule has 0 fully saturated rings. The number of aryl methyl sites for hydroxylation is 1. The van der Waals surface area contributed by atoms with Gasteiger partial charge >= 0.3 is 0 Å². The number of furan rings is 1. The number of para-hydroxylation sites is 2. The molecule has 5 heteroatoms. The molecule has 1 N–H and O–H groups in total. The molecule has 0 aliphatic rings. The Balaban J connectivity index is 1.82. The summed E-state index contributed by atoms with van der Waals surface area (Å²) in [5, 5.41) is 2.82. The van der Waals surface area contributed by atoms with Crippen LogP contribution in [0.15, 0.2) is 47.1 Å². The maximum atomic E-state index is 11.9. The SMILES string of the molecule is CCn1c(CNC(=O)c2ccco2)nc2ccccc21. The van der Waals surface area contributed by atoms with E-state index in [0.29, 0.717) is 12.3 Å². The van der Waals surface area contributed by atoms with E-state index in [1.165, 1.54) is 6.26 Å². The Labute approximate surface area is 116 Å². The van der Waals surface area contributed by atoms with E-state index < -0.39 is 0 Å². The van der Waals surface area contributed by atoms with Gasteiger partial charge in [0, 0.05) is 6.54 Å². The van der Waals surface area contributed by atoms with Crippen molar-refractivity contribution in [3.05, 3.63) is 54.2 Å². The fourth-order valence-electron chi connectivity index (χ4n) is 2.27. The third kappa shape index (κ3) is 2.18. The first-order valence-electron chi connectivity index (χ1n) is 6.55. The molecule has 2 heterocycles. The number of nitrogens with zero attached hydrogens (tertiary/aromatic N) is 2. The van der Waals surface area contributed by atoms with Gasteiger partial charge in [-0.1, -0.05) is 12.1 Å². The Morgan fingerprint density at radius 2 is 2.15 bits per heavy atom. The molecule has 1 amide bonds. The zero-order valence-electron chi connectivity index (χ0n) is 11.2. The highest BCUT2D eigenvalue weighted by Crippen LogP contribution is 2.15. The van der Waals surface area contributed by atoms with E-state index in [4.69, 9.17) is 4.42 Å². The monoisotopic (exact) mass is 269 g/mol. The smallest absolute Gasteiger partial charge is 0.287 e. The van der Waals surface area contributed by atoms with Crippen LogP contribution in [0.3, 0.4) is 0 Å². The average Bonchev–Trinajstić information content (AvgIpc) is 3.11. The molecule has 0 aliphatic carbocycles. The van der Waals surface area contributed by atoms with Gasteiger partial charge in [0.2, 0.25) is 0 Å². The Hall–Kier alpha value is -2.56. The fraction of sp³-hybridized carbons (Fsp3) is 0.200. The van der Waals surface area contributed by atoms with Crippen LogP contribution < -0.4 is 5.32 Å². The van der Waals surface area contributed by atoms with Crippen LogP contribution >= 0.6 is 0 Å². The molecule has 0 radical (unpaired) electrons. The molecule has 20 heavy (non-hydrogen) atoms. The van der Waals surface area contributed by atoms with Crippen LogP contribution in [-0.2, 0) is 13.1 Å². The second-order valence-electron chi connectivity index (χ2n) is 4.42. The molecular weight excluding hydrogens is 254 g/mol. The van der Waals surface area contributed by atoms with Crippen molar-refractivity contribution in [1.82, 2.24) is 14.9 Å². The van der Waals surface area contributed by atoms with Crippen LogP contribution in [0.2, 0.25) is 0 Å². The van der Waals surface area contributed by atoms with Gasteiger partial charge in [0.1, 0.15) is 5.82 Å². The van der Waals surface area contributed by atoms with Gasteiger partial charge in [-0.2, -0.15) is 0 Å². The predicted octanol–water partition coefficient (Wildman–Crippen LogP) is 2.58. The van der Waals surface area contributed by atoms with Crippen LogP contribution in [0, 0.1) is 0 Å². The minimum Gasteiger partial charge on any atom is -0.459 e. The molecule has 0 saturated heterocycles. The Morgan fingerprint density at radius 1 is 1.30 bits per heavy atom. The van der Waals surface area contributed by atoms with Crippen LogP contribution in [0.5, 0.6) is 0 Å². The molecule has 0 saturated carbocycles. The zero-order valence-corrected chi connectivity index (χ0v) is 11.2. The largest absolute Gasteiger partial charge is 0.459 e. The summed E-state index contributed by atoms with van der Waals surface area (Å²) in [4.78, 5) is 16.4. The summed E-state index contributed by atoms with van der Waals surface area (Å²) >= 11 is 0. The highest BCUT2D eigenvalue weighted by atomic mass is 16.3. The lowest BCUT2D eigenvalue weighted by molar-refractivity contribution is 0.0922. The first kappa shape index (κ1) is 12.5. The normalized spacial score (nSPS) is 10.8. The van der Waals surface area contributed by atoms with E-state index in [-0.39, 0.29) is 5.91 Å². The van der Waals surface area contributed by atoms with Gasteiger partial charge in [-0.25, -0.2) is 4.98 Å². The van der Waals surface area contributed by atoms with E-state index in [0.717, 1.165) is 23.4 Å². The van der Waals surface area contributed by atoms with E-state index in [9.17, 15) is 4.79 Å². The van der Waals surface area contributed by atoms with Gasteiger partial charge in [0.05, 0.1) is 23.8 Å². The lowest BCUT2D eigenvalue weighted by Crippen LogP contribution is -2.24. The van der Waals surface area contributed by atoms with Gasteiger partial charge in [-0.05, 0) is 31.2 Å². The lowest BCUT2D eigenvalue weighted by atomic mass is 10.3. The molecular formula is C15H15N3O2. The second kappa shape index (κ2) is 5.21. The molecule has 1 aromatic carbocycles. The number of imidazole rings is 1. The molecule has 3 aromatic rings. The number of carbonyl (C=O) groups is 1. The Bertz CT molecular complexity index is 729. The number of carbonyl (C=O) groups excluding carboxylic acids is 1. The number of amides is 1. The van der Waals surface area contributed by atoms with Gasteiger partial charge < -0.3 is 14.3 Å². The van der Waals surface area contributed by atoms with E-state index in [2.05, 4.69) is 21.8 Å². The van der Waals surface area contributed by atoms with Crippen molar-refractivity contribution in [3.8, 4) is 0 Å². The molecule has 3 rings (SSSR count). The van der Waals surface area contributed by atoms with Gasteiger partial charge in [0.25, 0.3) is 5.91 Å². The molecule has 102 valence electrons. The number of aromatic nitrogens is 2. The second-order valence-corrected chi connectivity index (χ2v) is 4.42. The van der Waals surface area contributed by atoms with Crippen molar-refractivity contribution in [2.75, 3.05) is 0 Å². The summed E-state index contributed by atoms with van der Waals surface area (Å²) in [5.41, 5.74) is 2.02. The number of benzene rings is 1. The minimum absolute atomic E-state index is 0.232. The average molecular weight is 269 g/mol. The maximum absolute atomic E-state index is 11.9. The third-order valence-corrected chi connectivity index (χ3v) is 3.20.